The molecule has 1 saturated heterocycles. The van der Waals surface area contributed by atoms with Gasteiger partial charge in [0, 0.05) is 30.5 Å². The van der Waals surface area contributed by atoms with Crippen LogP contribution in [0.4, 0.5) is 0 Å². The molecule has 4 nitrogen and oxygen atoms in total. The zero-order chi connectivity index (χ0) is 11.5. The van der Waals surface area contributed by atoms with Crippen molar-refractivity contribution < 1.29 is 9.47 Å². The van der Waals surface area contributed by atoms with Crippen molar-refractivity contribution in [2.45, 2.75) is 26.0 Å². The van der Waals surface area contributed by atoms with Gasteiger partial charge in [-0.1, -0.05) is 0 Å². The van der Waals surface area contributed by atoms with Crippen LogP contribution >= 0.6 is 0 Å². The summed E-state index contributed by atoms with van der Waals surface area (Å²) in [7, 11) is 3.40. The maximum absolute atomic E-state index is 5.46. The summed E-state index contributed by atoms with van der Waals surface area (Å²) in [5.74, 6) is 0.895. The van der Waals surface area contributed by atoms with Gasteiger partial charge in [-0.25, -0.2) is 0 Å². The minimum atomic E-state index is 0.391. The highest BCUT2D eigenvalue weighted by Crippen LogP contribution is 2.35. The van der Waals surface area contributed by atoms with Crippen molar-refractivity contribution in [1.82, 2.24) is 10.3 Å². The van der Waals surface area contributed by atoms with E-state index < -0.39 is 0 Å². The molecule has 2 rings (SSSR count). The summed E-state index contributed by atoms with van der Waals surface area (Å²) in [6.07, 6.45) is 3.03. The van der Waals surface area contributed by atoms with E-state index in [1.54, 1.807) is 14.2 Å². The van der Waals surface area contributed by atoms with Gasteiger partial charge in [0.2, 0.25) is 0 Å². The molecule has 0 amide bonds. The Morgan fingerprint density at radius 3 is 2.75 bits per heavy atom. The second-order valence-corrected chi connectivity index (χ2v) is 4.04. The molecule has 4 heteroatoms. The van der Waals surface area contributed by atoms with Crippen LogP contribution in [0.25, 0.3) is 0 Å². The van der Waals surface area contributed by atoms with Gasteiger partial charge in [0.1, 0.15) is 5.75 Å². The molecule has 2 heterocycles. The molecule has 0 radical (unpaired) electrons. The largest absolute Gasteiger partial charge is 0.494 e. The predicted octanol–water partition coefficient (Wildman–Crippen LogP) is 1.58. The minimum absolute atomic E-state index is 0.391. The van der Waals surface area contributed by atoms with Gasteiger partial charge in [0.15, 0.2) is 0 Å². The molecule has 0 bridgehead atoms. The van der Waals surface area contributed by atoms with E-state index in [0.717, 1.165) is 30.0 Å². The van der Waals surface area contributed by atoms with E-state index in [1.165, 1.54) is 5.56 Å². The lowest BCUT2D eigenvalue weighted by Gasteiger charge is -2.31. The van der Waals surface area contributed by atoms with Crippen molar-refractivity contribution in [3.05, 3.63) is 23.0 Å². The van der Waals surface area contributed by atoms with Crippen molar-refractivity contribution >= 4 is 0 Å². The summed E-state index contributed by atoms with van der Waals surface area (Å²) in [5.41, 5.74) is 3.26. The number of hydrogen-bond donors (Lipinski definition) is 1. The summed E-state index contributed by atoms with van der Waals surface area (Å²) < 4.78 is 10.7. The Kier molecular flexibility index (Phi) is 3.41. The molecule has 0 aliphatic carbocycles. The number of ether oxygens (including phenoxy) is 2. The predicted molar refractivity (Wildman–Crippen MR) is 61.6 cm³/mol. The first kappa shape index (κ1) is 11.4. The monoisotopic (exact) mass is 222 g/mol. The van der Waals surface area contributed by atoms with Crippen LogP contribution in [0.15, 0.2) is 6.20 Å². The summed E-state index contributed by atoms with van der Waals surface area (Å²) in [5, 5.41) is 3.40. The van der Waals surface area contributed by atoms with Gasteiger partial charge >= 0.3 is 0 Å². The van der Waals surface area contributed by atoms with E-state index in [2.05, 4.69) is 10.3 Å². The third kappa shape index (κ3) is 1.90. The number of methoxy groups -OCH3 is 2. The van der Waals surface area contributed by atoms with Gasteiger partial charge < -0.3 is 14.8 Å². The Balaban J connectivity index is 2.43. The average Bonchev–Trinajstić information content (AvgIpc) is 2.20. The molecule has 0 spiro atoms. The SMILES string of the molecule is COCc1cnc(C)c(OC)c1C1CCN1. The quantitative estimate of drug-likeness (QED) is 0.840. The van der Waals surface area contributed by atoms with Crippen LogP contribution in [-0.4, -0.2) is 25.7 Å². The molecular formula is C12H18N2O2. The second kappa shape index (κ2) is 4.80. The summed E-state index contributed by atoms with van der Waals surface area (Å²) in [6, 6.07) is 0.391. The topological polar surface area (TPSA) is 43.4 Å². The number of pyridine rings is 1. The van der Waals surface area contributed by atoms with E-state index in [0.29, 0.717) is 12.6 Å². The lowest BCUT2D eigenvalue weighted by Crippen LogP contribution is -2.36. The van der Waals surface area contributed by atoms with E-state index in [9.17, 15) is 0 Å². The van der Waals surface area contributed by atoms with Crippen LogP contribution in [-0.2, 0) is 11.3 Å². The first-order valence-corrected chi connectivity index (χ1v) is 5.52. The maximum Gasteiger partial charge on any atom is 0.145 e. The van der Waals surface area contributed by atoms with Crippen LogP contribution in [0.3, 0.4) is 0 Å². The van der Waals surface area contributed by atoms with Crippen LogP contribution < -0.4 is 10.1 Å². The second-order valence-electron chi connectivity index (χ2n) is 4.04. The van der Waals surface area contributed by atoms with E-state index in [-0.39, 0.29) is 0 Å². The molecule has 0 saturated carbocycles. The van der Waals surface area contributed by atoms with Gasteiger partial charge in [0.05, 0.1) is 19.4 Å². The molecule has 1 aliphatic rings. The molecule has 1 aromatic rings. The van der Waals surface area contributed by atoms with Crippen molar-refractivity contribution in [3.63, 3.8) is 0 Å². The fourth-order valence-electron chi connectivity index (χ4n) is 2.09. The Morgan fingerprint density at radius 2 is 2.25 bits per heavy atom. The maximum atomic E-state index is 5.46. The van der Waals surface area contributed by atoms with E-state index in [1.807, 2.05) is 13.1 Å². The first-order valence-electron chi connectivity index (χ1n) is 5.52. The Bertz CT molecular complexity index is 376. The van der Waals surface area contributed by atoms with Gasteiger partial charge in [-0.05, 0) is 19.9 Å². The molecule has 88 valence electrons. The molecule has 1 unspecified atom stereocenters. The van der Waals surface area contributed by atoms with Crippen molar-refractivity contribution in [1.29, 1.82) is 0 Å². The average molecular weight is 222 g/mol. The highest BCUT2D eigenvalue weighted by molar-refractivity contribution is 5.44. The molecular weight excluding hydrogens is 204 g/mol. The number of aromatic nitrogens is 1. The fourth-order valence-corrected chi connectivity index (χ4v) is 2.09. The normalized spacial score (nSPS) is 19.3. The van der Waals surface area contributed by atoms with E-state index in [4.69, 9.17) is 9.47 Å². The first-order chi connectivity index (χ1) is 7.77. The van der Waals surface area contributed by atoms with Gasteiger partial charge in [-0.3, -0.25) is 4.98 Å². The highest BCUT2D eigenvalue weighted by atomic mass is 16.5. The molecule has 1 fully saturated rings. The van der Waals surface area contributed by atoms with Gasteiger partial charge in [-0.2, -0.15) is 0 Å². The Hall–Kier alpha value is -1.13. The molecule has 1 atom stereocenters. The summed E-state index contributed by atoms with van der Waals surface area (Å²) >= 11 is 0. The lowest BCUT2D eigenvalue weighted by atomic mass is 9.93. The lowest BCUT2D eigenvalue weighted by molar-refractivity contribution is 0.181. The Labute approximate surface area is 96.0 Å². The standard InChI is InChI=1S/C12H18N2O2/c1-8-12(16-3)11(10-4-5-13-10)9(6-14-8)7-15-2/h6,10,13H,4-5,7H2,1-3H3. The number of rotatable bonds is 4. The van der Waals surface area contributed by atoms with Crippen LogP contribution in [0.1, 0.15) is 29.3 Å². The van der Waals surface area contributed by atoms with Gasteiger partial charge in [-0.15, -0.1) is 0 Å². The fraction of sp³-hybridized carbons (Fsp3) is 0.583. The molecule has 1 aliphatic heterocycles. The third-order valence-electron chi connectivity index (χ3n) is 3.01. The Morgan fingerprint density at radius 1 is 1.50 bits per heavy atom. The number of nitrogens with zero attached hydrogens (tertiary/aromatic N) is 1. The van der Waals surface area contributed by atoms with Crippen molar-refractivity contribution in [3.8, 4) is 5.75 Å². The zero-order valence-electron chi connectivity index (χ0n) is 10.0. The van der Waals surface area contributed by atoms with Gasteiger partial charge in [0.25, 0.3) is 0 Å². The van der Waals surface area contributed by atoms with E-state index >= 15 is 0 Å². The summed E-state index contributed by atoms with van der Waals surface area (Å²) in [6.45, 7) is 3.62. The molecule has 1 N–H and O–H groups in total. The van der Waals surface area contributed by atoms with Crippen LogP contribution in [0, 0.1) is 6.92 Å². The van der Waals surface area contributed by atoms with Crippen molar-refractivity contribution in [2.24, 2.45) is 0 Å². The molecule has 16 heavy (non-hydrogen) atoms. The molecule has 1 aromatic heterocycles. The van der Waals surface area contributed by atoms with Crippen LogP contribution in [0.5, 0.6) is 5.75 Å². The van der Waals surface area contributed by atoms with Crippen LogP contribution in [0.2, 0.25) is 0 Å². The third-order valence-corrected chi connectivity index (χ3v) is 3.01. The smallest absolute Gasteiger partial charge is 0.145 e. The molecule has 0 aromatic carbocycles. The van der Waals surface area contributed by atoms with Crippen molar-refractivity contribution in [2.75, 3.05) is 20.8 Å². The summed E-state index contributed by atoms with van der Waals surface area (Å²) in [4.78, 5) is 4.34. The highest BCUT2D eigenvalue weighted by Gasteiger charge is 2.26. The zero-order valence-corrected chi connectivity index (χ0v) is 10.0. The minimum Gasteiger partial charge on any atom is -0.494 e. The number of hydrogen-bond acceptors (Lipinski definition) is 4. The number of nitrogens with one attached hydrogen (secondary N) is 1. The number of aryl methyl sites for hydroxylation is 1.